The maximum atomic E-state index is 11.2. The monoisotopic (exact) mass is 456 g/mol. The molecule has 0 aliphatic rings. The van der Waals surface area contributed by atoms with Gasteiger partial charge in [-0.05, 0) is 32.6 Å². The number of carboxylic acid groups (broad SMARTS) is 3. The molecule has 0 aromatic carbocycles. The molecule has 186 valence electrons. The third-order valence-electron chi connectivity index (χ3n) is 5.90. The van der Waals surface area contributed by atoms with Crippen molar-refractivity contribution in [2.45, 2.75) is 103 Å². The molecule has 7 nitrogen and oxygen atoms in total. The van der Waals surface area contributed by atoms with E-state index in [9.17, 15) is 14.4 Å². The normalized spacial score (nSPS) is 11.8. The van der Waals surface area contributed by atoms with Crippen LogP contribution in [0.3, 0.4) is 0 Å². The van der Waals surface area contributed by atoms with Crippen molar-refractivity contribution in [3.8, 4) is 0 Å². The van der Waals surface area contributed by atoms with Gasteiger partial charge in [0.2, 0.25) is 0 Å². The van der Waals surface area contributed by atoms with E-state index < -0.39 is 42.0 Å². The molecule has 0 aliphatic carbocycles. The quantitative estimate of drug-likeness (QED) is 0.107. The second-order valence-electron chi connectivity index (χ2n) is 9.03. The predicted octanol–water partition coefficient (Wildman–Crippen LogP) is 5.48. The number of unbranched alkanes of at least 4 members (excludes halogenated alkanes) is 14. The van der Waals surface area contributed by atoms with Crippen LogP contribution in [0, 0.1) is 0 Å². The molecule has 0 radical (unpaired) electrons. The third kappa shape index (κ3) is 18.8. The predicted molar refractivity (Wildman–Crippen MR) is 127 cm³/mol. The Hall–Kier alpha value is -1.89. The number of quaternary nitrogens is 1. The van der Waals surface area contributed by atoms with E-state index in [0.717, 1.165) is 19.3 Å². The minimum Gasteiger partial charge on any atom is -0.477 e. The van der Waals surface area contributed by atoms with Crippen molar-refractivity contribution in [3.63, 3.8) is 0 Å². The molecule has 3 N–H and O–H groups in total. The van der Waals surface area contributed by atoms with Crippen LogP contribution < -0.4 is 0 Å². The van der Waals surface area contributed by atoms with E-state index in [1.807, 2.05) is 0 Å². The topological polar surface area (TPSA) is 112 Å². The summed E-state index contributed by atoms with van der Waals surface area (Å²) in [6.07, 6.45) is 22.2. The van der Waals surface area contributed by atoms with Gasteiger partial charge in [-0.15, -0.1) is 0 Å². The van der Waals surface area contributed by atoms with Crippen molar-refractivity contribution in [1.82, 2.24) is 0 Å². The highest BCUT2D eigenvalue weighted by Gasteiger charge is 2.35. The van der Waals surface area contributed by atoms with Gasteiger partial charge in [0.25, 0.3) is 0 Å². The summed E-state index contributed by atoms with van der Waals surface area (Å²) in [5.74, 6) is -3.51. The summed E-state index contributed by atoms with van der Waals surface area (Å²) < 4.78 is -0.435. The molecule has 0 atom stereocenters. The van der Waals surface area contributed by atoms with Crippen LogP contribution in [0.25, 0.3) is 0 Å². The fourth-order valence-electron chi connectivity index (χ4n) is 4.26. The summed E-state index contributed by atoms with van der Waals surface area (Å²) in [4.78, 5) is 33.5. The molecule has 32 heavy (non-hydrogen) atoms. The van der Waals surface area contributed by atoms with Gasteiger partial charge >= 0.3 is 17.9 Å². The minimum absolute atomic E-state index is 0.264. The standard InChI is InChI=1S/C25H45NO6/c1-2-3-4-5-6-7-8-9-10-11-12-13-14-15-16-17-18-19-26(20-23(27)28,21-24(29)30)22-25(31)32/h2-3H,4-22H2,1H3,(H2-,27,28,29,30,31,32)/p+1/b3-2+. The van der Waals surface area contributed by atoms with Crippen LogP contribution in [0.5, 0.6) is 0 Å². The minimum atomic E-state index is -1.17. The van der Waals surface area contributed by atoms with E-state index in [0.29, 0.717) is 6.42 Å². The number of aliphatic carboxylic acids is 3. The fraction of sp³-hybridized carbons (Fsp3) is 0.800. The highest BCUT2D eigenvalue weighted by atomic mass is 16.4. The molecule has 0 unspecified atom stereocenters. The fourth-order valence-corrected chi connectivity index (χ4v) is 4.26. The molecule has 0 aromatic heterocycles. The summed E-state index contributed by atoms with van der Waals surface area (Å²) in [6, 6.07) is 0. The molecule has 0 bridgehead atoms. The Morgan fingerprint density at radius 1 is 0.562 bits per heavy atom. The van der Waals surface area contributed by atoms with Crippen LogP contribution in [-0.2, 0) is 14.4 Å². The van der Waals surface area contributed by atoms with Gasteiger partial charge < -0.3 is 15.3 Å². The Morgan fingerprint density at radius 2 is 0.875 bits per heavy atom. The van der Waals surface area contributed by atoms with E-state index in [4.69, 9.17) is 15.3 Å². The highest BCUT2D eigenvalue weighted by Crippen LogP contribution is 2.15. The zero-order valence-corrected chi connectivity index (χ0v) is 20.1. The van der Waals surface area contributed by atoms with Gasteiger partial charge in [0.1, 0.15) is 0 Å². The highest BCUT2D eigenvalue weighted by molar-refractivity contribution is 5.73. The molecule has 0 spiro atoms. The lowest BCUT2D eigenvalue weighted by atomic mass is 10.0. The van der Waals surface area contributed by atoms with Crippen LogP contribution in [0.1, 0.15) is 103 Å². The zero-order chi connectivity index (χ0) is 24.1. The smallest absolute Gasteiger partial charge is 0.359 e. The second kappa shape index (κ2) is 19.8. The van der Waals surface area contributed by atoms with Crippen LogP contribution >= 0.6 is 0 Å². The van der Waals surface area contributed by atoms with E-state index in [-0.39, 0.29) is 6.54 Å². The lowest BCUT2D eigenvalue weighted by molar-refractivity contribution is -0.907. The zero-order valence-electron chi connectivity index (χ0n) is 20.1. The number of rotatable bonds is 23. The Labute approximate surface area is 194 Å². The van der Waals surface area contributed by atoms with E-state index in [1.165, 1.54) is 70.6 Å². The molecule has 0 saturated heterocycles. The average Bonchev–Trinajstić information content (AvgIpc) is 2.68. The average molecular weight is 457 g/mol. The first-order chi connectivity index (χ1) is 15.3. The van der Waals surface area contributed by atoms with Crippen molar-refractivity contribution in [1.29, 1.82) is 0 Å². The lowest BCUT2D eigenvalue weighted by Gasteiger charge is -2.34. The van der Waals surface area contributed by atoms with Crippen LogP contribution in [-0.4, -0.2) is 63.9 Å². The first-order valence-electron chi connectivity index (χ1n) is 12.4. The SMILES string of the molecule is C/C=C/CCCCCCCCCCCCCCCC[N+](CC(=O)O)(CC(=O)O)CC(=O)O. The number of hydrogen-bond acceptors (Lipinski definition) is 3. The number of carboxylic acids is 3. The number of allylic oxidation sites excluding steroid dienone is 2. The van der Waals surface area contributed by atoms with Crippen molar-refractivity contribution in [3.05, 3.63) is 12.2 Å². The van der Waals surface area contributed by atoms with E-state index >= 15 is 0 Å². The summed E-state index contributed by atoms with van der Waals surface area (Å²) in [5.41, 5.74) is 0. The molecule has 0 amide bonds. The summed E-state index contributed by atoms with van der Waals surface area (Å²) in [5, 5.41) is 27.3. The molecule has 0 heterocycles. The number of carbonyl (C=O) groups is 3. The van der Waals surface area contributed by atoms with Crippen molar-refractivity contribution in [2.24, 2.45) is 0 Å². The molecule has 0 rings (SSSR count). The molecule has 0 saturated carbocycles. The van der Waals surface area contributed by atoms with Gasteiger partial charge in [0.15, 0.2) is 19.6 Å². The Kier molecular flexibility index (Phi) is 18.6. The van der Waals surface area contributed by atoms with Crippen molar-refractivity contribution in [2.75, 3.05) is 26.2 Å². The van der Waals surface area contributed by atoms with Gasteiger partial charge in [-0.3, -0.25) is 4.48 Å². The van der Waals surface area contributed by atoms with Gasteiger partial charge in [-0.1, -0.05) is 82.8 Å². The van der Waals surface area contributed by atoms with Crippen LogP contribution in [0.2, 0.25) is 0 Å². The van der Waals surface area contributed by atoms with E-state index in [1.54, 1.807) is 0 Å². The van der Waals surface area contributed by atoms with Gasteiger partial charge in [0, 0.05) is 0 Å². The van der Waals surface area contributed by atoms with Crippen molar-refractivity contribution < 1.29 is 34.2 Å². The molecule has 0 fully saturated rings. The Morgan fingerprint density at radius 3 is 1.19 bits per heavy atom. The molecular weight excluding hydrogens is 410 g/mol. The first-order valence-corrected chi connectivity index (χ1v) is 12.4. The van der Waals surface area contributed by atoms with Gasteiger partial charge in [0.05, 0.1) is 6.54 Å². The Bertz CT molecular complexity index is 506. The molecule has 0 aliphatic heterocycles. The summed E-state index contributed by atoms with van der Waals surface area (Å²) in [6.45, 7) is 0.904. The summed E-state index contributed by atoms with van der Waals surface area (Å²) in [7, 11) is 0. The maximum Gasteiger partial charge on any atom is 0.359 e. The first kappa shape index (κ1) is 30.1. The lowest BCUT2D eigenvalue weighted by Crippen LogP contribution is -2.57. The maximum absolute atomic E-state index is 11.2. The molecular formula is C25H46NO6+. The van der Waals surface area contributed by atoms with E-state index in [2.05, 4.69) is 19.1 Å². The molecule has 7 heteroatoms. The second-order valence-corrected chi connectivity index (χ2v) is 9.03. The number of nitrogens with zero attached hydrogens (tertiary/aromatic N) is 1. The van der Waals surface area contributed by atoms with Crippen LogP contribution in [0.4, 0.5) is 0 Å². The molecule has 0 aromatic rings. The third-order valence-corrected chi connectivity index (χ3v) is 5.90. The largest absolute Gasteiger partial charge is 0.477 e. The van der Waals surface area contributed by atoms with Crippen LogP contribution in [0.15, 0.2) is 12.2 Å². The Balaban J connectivity index is 3.79. The summed E-state index contributed by atoms with van der Waals surface area (Å²) >= 11 is 0. The number of hydrogen-bond donors (Lipinski definition) is 3. The van der Waals surface area contributed by atoms with Crippen molar-refractivity contribution >= 4 is 17.9 Å². The van der Waals surface area contributed by atoms with Gasteiger partial charge in [-0.25, -0.2) is 14.4 Å². The van der Waals surface area contributed by atoms with Gasteiger partial charge in [-0.2, -0.15) is 0 Å².